The molecular weight excluding hydrogens is 196 g/mol. The van der Waals surface area contributed by atoms with E-state index >= 15 is 0 Å². The summed E-state index contributed by atoms with van der Waals surface area (Å²) in [6, 6.07) is 0. The summed E-state index contributed by atoms with van der Waals surface area (Å²) >= 11 is 0. The van der Waals surface area contributed by atoms with Gasteiger partial charge in [0.1, 0.15) is 0 Å². The SMILES string of the molecule is NOC(=O)c1nnc(C(=O)ON)nn1. The summed E-state index contributed by atoms with van der Waals surface area (Å²) in [4.78, 5) is 28.9. The average Bonchev–Trinajstić information content (AvgIpc) is 2.27. The highest BCUT2D eigenvalue weighted by molar-refractivity contribution is 5.86. The fourth-order valence-corrected chi connectivity index (χ4v) is 0.498. The van der Waals surface area contributed by atoms with Gasteiger partial charge in [0.2, 0.25) is 0 Å². The van der Waals surface area contributed by atoms with Gasteiger partial charge in [-0.15, -0.1) is 20.4 Å². The number of nitrogens with zero attached hydrogens (tertiary/aromatic N) is 4. The molecule has 0 aromatic carbocycles. The van der Waals surface area contributed by atoms with Crippen LogP contribution in [0.1, 0.15) is 21.2 Å². The highest BCUT2D eigenvalue weighted by atomic mass is 16.7. The Morgan fingerprint density at radius 1 is 0.857 bits per heavy atom. The fraction of sp³-hybridized carbons (Fsp3) is 0. The molecule has 14 heavy (non-hydrogen) atoms. The summed E-state index contributed by atoms with van der Waals surface area (Å²) in [5, 5.41) is 12.7. The minimum atomic E-state index is -1.03. The van der Waals surface area contributed by atoms with E-state index in [2.05, 4.69) is 41.9 Å². The molecule has 10 heteroatoms. The monoisotopic (exact) mass is 200 g/mol. The van der Waals surface area contributed by atoms with Crippen LogP contribution in [0.2, 0.25) is 0 Å². The summed E-state index contributed by atoms with van der Waals surface area (Å²) in [5.41, 5.74) is 0. The van der Waals surface area contributed by atoms with Crippen LogP contribution in [0.25, 0.3) is 0 Å². The van der Waals surface area contributed by atoms with E-state index in [1.807, 2.05) is 0 Å². The Morgan fingerprint density at radius 2 is 1.14 bits per heavy atom. The van der Waals surface area contributed by atoms with Crippen LogP contribution in [0.4, 0.5) is 0 Å². The Morgan fingerprint density at radius 3 is 1.36 bits per heavy atom. The first-order valence-corrected chi connectivity index (χ1v) is 3.08. The van der Waals surface area contributed by atoms with Crippen LogP contribution in [0, 0.1) is 0 Å². The molecule has 0 unspecified atom stereocenters. The molecule has 0 bridgehead atoms. The maximum absolute atomic E-state index is 10.7. The second kappa shape index (κ2) is 4.15. The van der Waals surface area contributed by atoms with Crippen molar-refractivity contribution >= 4 is 11.9 Å². The maximum Gasteiger partial charge on any atom is 0.398 e. The normalized spacial score (nSPS) is 9.29. The van der Waals surface area contributed by atoms with Gasteiger partial charge in [-0.2, -0.15) is 11.8 Å². The number of aromatic nitrogens is 4. The summed E-state index contributed by atoms with van der Waals surface area (Å²) in [6.45, 7) is 0. The van der Waals surface area contributed by atoms with Crippen LogP contribution in [0.15, 0.2) is 0 Å². The molecule has 74 valence electrons. The lowest BCUT2D eigenvalue weighted by Crippen LogP contribution is -2.20. The third kappa shape index (κ3) is 1.94. The van der Waals surface area contributed by atoms with E-state index in [1.165, 1.54) is 0 Å². The molecule has 0 atom stereocenters. The number of hydrogen-bond acceptors (Lipinski definition) is 10. The maximum atomic E-state index is 10.7. The molecule has 1 aromatic heterocycles. The third-order valence-electron chi connectivity index (χ3n) is 1.06. The molecule has 0 amide bonds. The topological polar surface area (TPSA) is 156 Å². The van der Waals surface area contributed by atoms with Gasteiger partial charge in [-0.25, -0.2) is 9.59 Å². The van der Waals surface area contributed by atoms with Gasteiger partial charge in [0.25, 0.3) is 11.6 Å². The molecule has 0 saturated heterocycles. The van der Waals surface area contributed by atoms with Crippen LogP contribution >= 0.6 is 0 Å². The van der Waals surface area contributed by atoms with Gasteiger partial charge in [-0.1, -0.05) is 0 Å². The molecule has 1 aromatic rings. The molecule has 10 nitrogen and oxygen atoms in total. The van der Waals surface area contributed by atoms with Crippen molar-refractivity contribution in [3.8, 4) is 0 Å². The van der Waals surface area contributed by atoms with Crippen LogP contribution < -0.4 is 11.8 Å². The number of nitrogens with two attached hydrogens (primary N) is 2. The molecule has 0 spiro atoms. The van der Waals surface area contributed by atoms with E-state index in [4.69, 9.17) is 0 Å². The predicted octanol–water partition coefficient (Wildman–Crippen LogP) is -2.67. The molecular formula is C4H4N6O4. The van der Waals surface area contributed by atoms with Crippen LogP contribution in [0.5, 0.6) is 0 Å². The smallest absolute Gasteiger partial charge is 0.367 e. The Hall–Kier alpha value is -2.20. The zero-order valence-electron chi connectivity index (χ0n) is 6.58. The molecule has 1 rings (SSSR count). The van der Waals surface area contributed by atoms with Crippen LogP contribution in [0.3, 0.4) is 0 Å². The number of rotatable bonds is 2. The Labute approximate surface area is 76.1 Å². The minimum Gasteiger partial charge on any atom is -0.367 e. The van der Waals surface area contributed by atoms with Gasteiger partial charge in [0, 0.05) is 0 Å². The van der Waals surface area contributed by atoms with Gasteiger partial charge in [-0.3, -0.25) is 0 Å². The lowest BCUT2D eigenvalue weighted by atomic mass is 10.6. The number of carbonyl (C=O) groups is 2. The second-order valence-electron chi connectivity index (χ2n) is 1.86. The number of carbonyl (C=O) groups excluding carboxylic acids is 2. The van der Waals surface area contributed by atoms with Crippen molar-refractivity contribution < 1.29 is 19.3 Å². The molecule has 0 saturated carbocycles. The van der Waals surface area contributed by atoms with Crippen molar-refractivity contribution in [2.24, 2.45) is 11.8 Å². The summed E-state index contributed by atoms with van der Waals surface area (Å²) in [7, 11) is 0. The first kappa shape index (κ1) is 9.88. The van der Waals surface area contributed by atoms with E-state index in [-0.39, 0.29) is 0 Å². The van der Waals surface area contributed by atoms with E-state index in [0.29, 0.717) is 0 Å². The van der Waals surface area contributed by atoms with Crippen molar-refractivity contribution in [1.29, 1.82) is 0 Å². The Balaban J connectivity index is 2.89. The van der Waals surface area contributed by atoms with Gasteiger partial charge in [0.05, 0.1) is 0 Å². The average molecular weight is 200 g/mol. The summed E-state index contributed by atoms with van der Waals surface area (Å²) in [5.74, 6) is 6.03. The van der Waals surface area contributed by atoms with E-state index < -0.39 is 23.6 Å². The second-order valence-corrected chi connectivity index (χ2v) is 1.86. The van der Waals surface area contributed by atoms with E-state index in [0.717, 1.165) is 0 Å². The predicted molar refractivity (Wildman–Crippen MR) is 36.8 cm³/mol. The molecule has 0 aliphatic heterocycles. The Bertz CT molecular complexity index is 314. The van der Waals surface area contributed by atoms with Gasteiger partial charge >= 0.3 is 11.9 Å². The van der Waals surface area contributed by atoms with Crippen molar-refractivity contribution in [3.63, 3.8) is 0 Å². The van der Waals surface area contributed by atoms with Crippen molar-refractivity contribution in [3.05, 3.63) is 11.6 Å². The van der Waals surface area contributed by atoms with Crippen LogP contribution in [-0.4, -0.2) is 32.3 Å². The largest absolute Gasteiger partial charge is 0.398 e. The third-order valence-corrected chi connectivity index (χ3v) is 1.06. The standard InChI is InChI=1S/C4H4N6O4/c5-13-3(11)1-7-9-2(10-8-1)4(12)14-6/h5-6H2. The minimum absolute atomic E-state index is 0.485. The number of hydrogen-bond donors (Lipinski definition) is 2. The van der Waals surface area contributed by atoms with Crippen molar-refractivity contribution in [1.82, 2.24) is 20.4 Å². The molecule has 0 radical (unpaired) electrons. The van der Waals surface area contributed by atoms with Crippen molar-refractivity contribution in [2.45, 2.75) is 0 Å². The molecule has 4 N–H and O–H groups in total. The lowest BCUT2D eigenvalue weighted by molar-refractivity contribution is 0.0460. The zero-order chi connectivity index (χ0) is 10.6. The Kier molecular flexibility index (Phi) is 2.93. The first-order valence-electron chi connectivity index (χ1n) is 3.08. The highest BCUT2D eigenvalue weighted by Crippen LogP contribution is 1.89. The van der Waals surface area contributed by atoms with E-state index in [9.17, 15) is 9.59 Å². The highest BCUT2D eigenvalue weighted by Gasteiger charge is 2.15. The first-order chi connectivity index (χ1) is 6.69. The molecule has 0 fully saturated rings. The molecule has 0 aliphatic carbocycles. The van der Waals surface area contributed by atoms with Crippen molar-refractivity contribution in [2.75, 3.05) is 0 Å². The van der Waals surface area contributed by atoms with Gasteiger partial charge < -0.3 is 9.68 Å². The summed E-state index contributed by atoms with van der Waals surface area (Å²) in [6.07, 6.45) is 0. The fourth-order valence-electron chi connectivity index (χ4n) is 0.498. The molecule has 0 aliphatic rings. The van der Waals surface area contributed by atoms with Crippen LogP contribution in [-0.2, 0) is 9.68 Å². The van der Waals surface area contributed by atoms with E-state index in [1.54, 1.807) is 0 Å². The molecule has 1 heterocycles. The lowest BCUT2D eigenvalue weighted by Gasteiger charge is -1.95. The summed E-state index contributed by atoms with van der Waals surface area (Å²) < 4.78 is 0. The van der Waals surface area contributed by atoms with Gasteiger partial charge in [-0.05, 0) is 0 Å². The quantitative estimate of drug-likeness (QED) is 0.482. The zero-order valence-corrected chi connectivity index (χ0v) is 6.58. The van der Waals surface area contributed by atoms with Gasteiger partial charge in [0.15, 0.2) is 0 Å².